The van der Waals surface area contributed by atoms with Crippen LogP contribution in [-0.4, -0.2) is 37.6 Å². The summed E-state index contributed by atoms with van der Waals surface area (Å²) < 4.78 is 0. The Bertz CT molecular complexity index is 188. The van der Waals surface area contributed by atoms with Gasteiger partial charge >= 0.3 is 0 Å². The molecule has 0 aromatic heterocycles. The fourth-order valence-electron chi connectivity index (χ4n) is 3.18. The van der Waals surface area contributed by atoms with Crippen LogP contribution >= 0.6 is 0 Å². The highest BCUT2D eigenvalue weighted by Gasteiger charge is 2.14. The first-order chi connectivity index (χ1) is 8.72. The molecule has 0 radical (unpaired) electrons. The van der Waals surface area contributed by atoms with Crippen LogP contribution in [0.15, 0.2) is 0 Å². The minimum Gasteiger partial charge on any atom is -0.315 e. The van der Waals surface area contributed by atoms with Crippen molar-refractivity contribution < 1.29 is 0 Å². The zero-order valence-electron chi connectivity index (χ0n) is 12.9. The van der Waals surface area contributed by atoms with Crippen molar-refractivity contribution in [2.24, 2.45) is 5.92 Å². The third-order valence-corrected chi connectivity index (χ3v) is 4.27. The third kappa shape index (κ3) is 7.38. The van der Waals surface area contributed by atoms with Crippen LogP contribution in [0.4, 0.5) is 0 Å². The summed E-state index contributed by atoms with van der Waals surface area (Å²) in [5.41, 5.74) is 0. The topological polar surface area (TPSA) is 15.3 Å². The van der Waals surface area contributed by atoms with E-state index in [0.29, 0.717) is 6.04 Å². The normalized spacial score (nSPS) is 19.3. The molecule has 1 saturated carbocycles. The molecular weight excluding hydrogens is 220 g/mol. The van der Waals surface area contributed by atoms with Gasteiger partial charge in [-0.15, -0.1) is 0 Å². The first kappa shape index (κ1) is 16.0. The summed E-state index contributed by atoms with van der Waals surface area (Å²) in [4.78, 5) is 2.56. The Hall–Kier alpha value is -0.0800. The van der Waals surface area contributed by atoms with Gasteiger partial charge in [-0.25, -0.2) is 0 Å². The minimum atomic E-state index is 0.693. The van der Waals surface area contributed by atoms with E-state index in [9.17, 15) is 0 Å². The molecule has 2 heteroatoms. The van der Waals surface area contributed by atoms with Crippen molar-refractivity contribution in [3.63, 3.8) is 0 Å². The van der Waals surface area contributed by atoms with Crippen LogP contribution in [-0.2, 0) is 0 Å². The first-order valence-electron chi connectivity index (χ1n) is 8.14. The van der Waals surface area contributed by atoms with Crippen LogP contribution < -0.4 is 5.32 Å². The van der Waals surface area contributed by atoms with Gasteiger partial charge in [-0.05, 0) is 58.7 Å². The van der Waals surface area contributed by atoms with Crippen LogP contribution in [0.3, 0.4) is 0 Å². The molecule has 108 valence electrons. The molecule has 1 rings (SSSR count). The van der Waals surface area contributed by atoms with Gasteiger partial charge in [0.05, 0.1) is 0 Å². The molecule has 0 bridgehead atoms. The molecule has 1 aliphatic carbocycles. The molecule has 1 atom stereocenters. The number of rotatable bonds is 9. The summed E-state index contributed by atoms with van der Waals surface area (Å²) in [6, 6.07) is 0.693. The van der Waals surface area contributed by atoms with Gasteiger partial charge in [-0.2, -0.15) is 0 Å². The van der Waals surface area contributed by atoms with Gasteiger partial charge in [0.25, 0.3) is 0 Å². The molecule has 0 aromatic carbocycles. The average molecular weight is 254 g/mol. The largest absolute Gasteiger partial charge is 0.315 e. The van der Waals surface area contributed by atoms with Crippen molar-refractivity contribution in [3.8, 4) is 0 Å². The smallest absolute Gasteiger partial charge is 0.00386 e. The van der Waals surface area contributed by atoms with Gasteiger partial charge in [0, 0.05) is 12.6 Å². The second kappa shape index (κ2) is 9.80. The number of unbranched alkanes of at least 4 members (excludes halogenated alkanes) is 1. The van der Waals surface area contributed by atoms with E-state index in [1.807, 2.05) is 0 Å². The Kier molecular flexibility index (Phi) is 8.70. The summed E-state index contributed by atoms with van der Waals surface area (Å²) in [6.45, 7) is 8.21. The van der Waals surface area contributed by atoms with E-state index in [4.69, 9.17) is 0 Å². The zero-order chi connectivity index (χ0) is 13.2. The molecule has 0 aromatic rings. The number of hydrogen-bond acceptors (Lipinski definition) is 2. The maximum atomic E-state index is 3.49. The lowest BCUT2D eigenvalue weighted by Gasteiger charge is -2.27. The van der Waals surface area contributed by atoms with E-state index < -0.39 is 0 Å². The number of nitrogens with one attached hydrogen (secondary N) is 1. The summed E-state index contributed by atoms with van der Waals surface area (Å²) in [5.74, 6) is 0.990. The van der Waals surface area contributed by atoms with Crippen molar-refractivity contribution in [1.29, 1.82) is 0 Å². The Morgan fingerprint density at radius 2 is 1.89 bits per heavy atom. The van der Waals surface area contributed by atoms with Crippen LogP contribution in [0.25, 0.3) is 0 Å². The predicted octanol–water partition coefficient (Wildman–Crippen LogP) is 3.67. The maximum Gasteiger partial charge on any atom is 0.00386 e. The zero-order valence-corrected chi connectivity index (χ0v) is 12.9. The van der Waals surface area contributed by atoms with E-state index in [0.717, 1.165) is 12.5 Å². The Labute approximate surface area is 115 Å². The Morgan fingerprint density at radius 3 is 2.56 bits per heavy atom. The van der Waals surface area contributed by atoms with Crippen molar-refractivity contribution in [2.75, 3.05) is 26.7 Å². The van der Waals surface area contributed by atoms with E-state index in [2.05, 4.69) is 31.1 Å². The van der Waals surface area contributed by atoms with E-state index in [1.165, 1.54) is 64.5 Å². The second-order valence-corrected chi connectivity index (χ2v) is 6.22. The monoisotopic (exact) mass is 254 g/mol. The van der Waals surface area contributed by atoms with E-state index in [-0.39, 0.29) is 0 Å². The van der Waals surface area contributed by atoms with Gasteiger partial charge in [0.15, 0.2) is 0 Å². The highest BCUT2D eigenvalue weighted by Crippen LogP contribution is 2.24. The first-order valence-corrected chi connectivity index (χ1v) is 8.14. The van der Waals surface area contributed by atoms with Gasteiger partial charge in [0.1, 0.15) is 0 Å². The molecule has 1 fully saturated rings. The Balaban J connectivity index is 1.97. The van der Waals surface area contributed by atoms with Crippen molar-refractivity contribution in [3.05, 3.63) is 0 Å². The summed E-state index contributed by atoms with van der Waals surface area (Å²) >= 11 is 0. The molecule has 0 spiro atoms. The highest BCUT2D eigenvalue weighted by molar-refractivity contribution is 4.69. The highest BCUT2D eigenvalue weighted by atomic mass is 15.1. The van der Waals surface area contributed by atoms with Crippen molar-refractivity contribution in [1.82, 2.24) is 10.2 Å². The lowest BCUT2D eigenvalue weighted by molar-refractivity contribution is 0.229. The van der Waals surface area contributed by atoms with Gasteiger partial charge in [-0.1, -0.05) is 32.6 Å². The number of hydrogen-bond donors (Lipinski definition) is 1. The lowest BCUT2D eigenvalue weighted by atomic mass is 9.89. The molecule has 0 heterocycles. The number of nitrogens with zero attached hydrogens (tertiary/aromatic N) is 1. The van der Waals surface area contributed by atoms with E-state index in [1.54, 1.807) is 0 Å². The average Bonchev–Trinajstić information content (AvgIpc) is 2.36. The maximum absolute atomic E-state index is 3.49. The SMILES string of the molecule is CCNC(C)CCCCN(C)CC1CCCCC1. The van der Waals surface area contributed by atoms with Crippen molar-refractivity contribution in [2.45, 2.75) is 71.3 Å². The van der Waals surface area contributed by atoms with Crippen molar-refractivity contribution >= 4 is 0 Å². The van der Waals surface area contributed by atoms with Crippen LogP contribution in [0.5, 0.6) is 0 Å². The molecule has 1 unspecified atom stereocenters. The molecule has 0 amide bonds. The quantitative estimate of drug-likeness (QED) is 0.632. The minimum absolute atomic E-state index is 0.693. The van der Waals surface area contributed by atoms with Crippen LogP contribution in [0.1, 0.15) is 65.2 Å². The summed E-state index contributed by atoms with van der Waals surface area (Å²) in [7, 11) is 2.31. The fraction of sp³-hybridized carbons (Fsp3) is 1.00. The molecule has 18 heavy (non-hydrogen) atoms. The third-order valence-electron chi connectivity index (χ3n) is 4.27. The molecule has 1 aliphatic rings. The van der Waals surface area contributed by atoms with Crippen LogP contribution in [0.2, 0.25) is 0 Å². The summed E-state index contributed by atoms with van der Waals surface area (Å²) in [6.07, 6.45) is 11.4. The summed E-state index contributed by atoms with van der Waals surface area (Å²) in [5, 5.41) is 3.49. The molecule has 1 N–H and O–H groups in total. The van der Waals surface area contributed by atoms with E-state index >= 15 is 0 Å². The predicted molar refractivity (Wildman–Crippen MR) is 81.1 cm³/mol. The van der Waals surface area contributed by atoms with Gasteiger partial charge < -0.3 is 10.2 Å². The lowest BCUT2D eigenvalue weighted by Crippen LogP contribution is -2.28. The van der Waals surface area contributed by atoms with Gasteiger partial charge in [0.2, 0.25) is 0 Å². The second-order valence-electron chi connectivity index (χ2n) is 6.22. The van der Waals surface area contributed by atoms with Gasteiger partial charge in [-0.3, -0.25) is 0 Å². The molecular formula is C16H34N2. The molecule has 2 nitrogen and oxygen atoms in total. The van der Waals surface area contributed by atoms with Crippen LogP contribution in [0, 0.1) is 5.92 Å². The molecule has 0 aliphatic heterocycles. The molecule has 0 saturated heterocycles. The standard InChI is InChI=1S/C16H34N2/c1-4-17-15(2)10-8-9-13-18(3)14-16-11-6-5-7-12-16/h15-17H,4-14H2,1-3H3. The Morgan fingerprint density at radius 1 is 1.17 bits per heavy atom. The fourth-order valence-corrected chi connectivity index (χ4v) is 3.18.